The highest BCUT2D eigenvalue weighted by Gasteiger charge is 2.34. The van der Waals surface area contributed by atoms with Crippen molar-refractivity contribution >= 4 is 21.7 Å². The molecule has 0 spiro atoms. The van der Waals surface area contributed by atoms with Gasteiger partial charge in [-0.1, -0.05) is 32.0 Å². The molecule has 2 amide bonds. The van der Waals surface area contributed by atoms with Gasteiger partial charge in [-0.3, -0.25) is 4.98 Å². The number of nitrogens with zero attached hydrogens (tertiary/aromatic N) is 1. The van der Waals surface area contributed by atoms with Crippen molar-refractivity contribution in [3.8, 4) is 5.75 Å². The summed E-state index contributed by atoms with van der Waals surface area (Å²) in [5, 5.41) is 5.44. The lowest BCUT2D eigenvalue weighted by atomic mass is 9.86. The number of pyridine rings is 1. The molecule has 0 saturated heterocycles. The number of anilines is 1. The van der Waals surface area contributed by atoms with Crippen LogP contribution >= 0.6 is 0 Å². The van der Waals surface area contributed by atoms with Crippen LogP contribution in [0.25, 0.3) is 0 Å². The van der Waals surface area contributed by atoms with Crippen LogP contribution in [0.4, 0.5) is 10.5 Å². The second-order valence-corrected chi connectivity index (χ2v) is 9.50. The monoisotopic (exact) mass is 482 g/mol. The van der Waals surface area contributed by atoms with Gasteiger partial charge in [-0.25, -0.2) is 17.9 Å². The van der Waals surface area contributed by atoms with E-state index in [9.17, 15) is 13.2 Å². The van der Waals surface area contributed by atoms with Crippen LogP contribution in [-0.4, -0.2) is 26.5 Å². The number of hydrogen-bond donors (Lipinski definition) is 3. The maximum atomic E-state index is 13.2. The first kappa shape index (κ1) is 25.2. The van der Waals surface area contributed by atoms with Crippen LogP contribution in [0.3, 0.4) is 0 Å². The first-order chi connectivity index (χ1) is 16.3. The molecule has 8 nitrogen and oxygen atoms in total. The van der Waals surface area contributed by atoms with E-state index in [0.29, 0.717) is 30.8 Å². The molecular weight excluding hydrogens is 452 g/mol. The molecule has 2 aromatic carbocycles. The fraction of sp³-hybridized carbons (Fsp3) is 0.280. The van der Waals surface area contributed by atoms with Gasteiger partial charge in [0.25, 0.3) is 0 Å². The van der Waals surface area contributed by atoms with E-state index in [-0.39, 0.29) is 4.90 Å². The Labute approximate surface area is 200 Å². The molecule has 34 heavy (non-hydrogen) atoms. The number of carbonyl (C=O) groups excluding carboxylic acids is 1. The van der Waals surface area contributed by atoms with Gasteiger partial charge in [0.1, 0.15) is 5.75 Å². The van der Waals surface area contributed by atoms with Gasteiger partial charge in [0.05, 0.1) is 17.5 Å². The maximum absolute atomic E-state index is 13.2. The molecule has 0 fully saturated rings. The first-order valence-electron chi connectivity index (χ1n) is 11.0. The Hall–Kier alpha value is -3.43. The minimum absolute atomic E-state index is 0.114. The lowest BCUT2D eigenvalue weighted by Gasteiger charge is -2.33. The Bertz CT molecular complexity index is 1200. The van der Waals surface area contributed by atoms with E-state index >= 15 is 0 Å². The van der Waals surface area contributed by atoms with Crippen LogP contribution in [0.1, 0.15) is 37.8 Å². The second-order valence-electron chi connectivity index (χ2n) is 7.82. The molecule has 0 aliphatic carbocycles. The average molecular weight is 483 g/mol. The standard InChI is InChI=1S/C25H30N4O4S/c1-4-25(5-2,20-9-6-10-22(16-20)33-3)29-34(31,32)23-13-11-21(12-14-23)28-24(30)27-18-19-8-7-15-26-17-19/h6-17,29H,4-5,18H2,1-3H3,(H2,27,28,30). The van der Waals surface area contributed by atoms with E-state index in [0.717, 1.165) is 11.1 Å². The van der Waals surface area contributed by atoms with Gasteiger partial charge in [0, 0.05) is 24.6 Å². The van der Waals surface area contributed by atoms with Crippen LogP contribution in [0.15, 0.2) is 78.0 Å². The summed E-state index contributed by atoms with van der Waals surface area (Å²) in [5.41, 5.74) is 1.41. The Kier molecular flexibility index (Phi) is 8.25. The summed E-state index contributed by atoms with van der Waals surface area (Å²) in [4.78, 5) is 16.3. The summed E-state index contributed by atoms with van der Waals surface area (Å²) < 4.78 is 34.7. The quantitative estimate of drug-likeness (QED) is 0.397. The van der Waals surface area contributed by atoms with Crippen molar-refractivity contribution < 1.29 is 17.9 Å². The van der Waals surface area contributed by atoms with E-state index in [1.54, 1.807) is 37.7 Å². The van der Waals surface area contributed by atoms with Gasteiger partial charge >= 0.3 is 6.03 Å². The number of aromatic nitrogens is 1. The third-order valence-electron chi connectivity index (χ3n) is 5.76. The predicted octanol–water partition coefficient (Wildman–Crippen LogP) is 4.41. The first-order valence-corrected chi connectivity index (χ1v) is 12.5. The number of rotatable bonds is 10. The summed E-state index contributed by atoms with van der Waals surface area (Å²) >= 11 is 0. The number of hydrogen-bond acceptors (Lipinski definition) is 5. The van der Waals surface area contributed by atoms with E-state index in [4.69, 9.17) is 4.74 Å². The summed E-state index contributed by atoms with van der Waals surface area (Å²) in [6, 6.07) is 16.7. The molecule has 0 bridgehead atoms. The van der Waals surface area contributed by atoms with Crippen molar-refractivity contribution in [3.05, 3.63) is 84.2 Å². The van der Waals surface area contributed by atoms with Gasteiger partial charge in [0.15, 0.2) is 0 Å². The predicted molar refractivity (Wildman–Crippen MR) is 132 cm³/mol. The Morgan fingerprint density at radius 2 is 1.76 bits per heavy atom. The van der Waals surface area contributed by atoms with Crippen LogP contribution in [-0.2, 0) is 22.1 Å². The van der Waals surface area contributed by atoms with Crippen molar-refractivity contribution in [2.45, 2.75) is 43.7 Å². The lowest BCUT2D eigenvalue weighted by Crippen LogP contribution is -2.45. The molecule has 1 aromatic heterocycles. The van der Waals surface area contributed by atoms with Gasteiger partial charge in [0.2, 0.25) is 10.0 Å². The molecule has 3 aromatic rings. The average Bonchev–Trinajstić information content (AvgIpc) is 2.87. The molecule has 0 unspecified atom stereocenters. The number of sulfonamides is 1. The zero-order valence-corrected chi connectivity index (χ0v) is 20.4. The zero-order valence-electron chi connectivity index (χ0n) is 19.5. The van der Waals surface area contributed by atoms with E-state index < -0.39 is 21.6 Å². The zero-order chi connectivity index (χ0) is 24.6. The van der Waals surface area contributed by atoms with Crippen molar-refractivity contribution in [3.63, 3.8) is 0 Å². The fourth-order valence-electron chi connectivity index (χ4n) is 3.68. The van der Waals surface area contributed by atoms with E-state index in [2.05, 4.69) is 20.3 Å². The SMILES string of the molecule is CCC(CC)(NS(=O)(=O)c1ccc(NC(=O)NCc2cccnc2)cc1)c1cccc(OC)c1. The minimum Gasteiger partial charge on any atom is -0.497 e. The van der Waals surface area contributed by atoms with Crippen LogP contribution in [0.2, 0.25) is 0 Å². The lowest BCUT2D eigenvalue weighted by molar-refractivity contribution is 0.251. The molecule has 180 valence electrons. The van der Waals surface area contributed by atoms with Gasteiger partial charge in [-0.15, -0.1) is 0 Å². The van der Waals surface area contributed by atoms with Crippen molar-refractivity contribution in [1.29, 1.82) is 0 Å². The largest absolute Gasteiger partial charge is 0.497 e. The normalized spacial score (nSPS) is 11.6. The Morgan fingerprint density at radius 1 is 1.03 bits per heavy atom. The molecule has 0 aliphatic rings. The molecule has 0 aliphatic heterocycles. The summed E-state index contributed by atoms with van der Waals surface area (Å²) in [5.74, 6) is 0.667. The highest BCUT2D eigenvalue weighted by Crippen LogP contribution is 2.33. The second kappa shape index (κ2) is 11.1. The fourth-order valence-corrected chi connectivity index (χ4v) is 5.21. The number of benzene rings is 2. The topological polar surface area (TPSA) is 109 Å². The number of carbonyl (C=O) groups is 1. The van der Waals surface area contributed by atoms with E-state index in [1.807, 2.05) is 44.2 Å². The van der Waals surface area contributed by atoms with Gasteiger partial charge < -0.3 is 15.4 Å². The summed E-state index contributed by atoms with van der Waals surface area (Å²) in [6.07, 6.45) is 4.46. The smallest absolute Gasteiger partial charge is 0.319 e. The molecule has 3 N–H and O–H groups in total. The number of nitrogens with one attached hydrogen (secondary N) is 3. The van der Waals surface area contributed by atoms with Crippen molar-refractivity contribution in [2.75, 3.05) is 12.4 Å². The highest BCUT2D eigenvalue weighted by molar-refractivity contribution is 7.89. The number of ether oxygens (including phenoxy) is 1. The third-order valence-corrected chi connectivity index (χ3v) is 7.31. The third kappa shape index (κ3) is 6.12. The molecule has 0 atom stereocenters. The van der Waals surface area contributed by atoms with Crippen LogP contribution < -0.4 is 20.1 Å². The number of amides is 2. The molecule has 0 saturated carbocycles. The van der Waals surface area contributed by atoms with Crippen molar-refractivity contribution in [2.24, 2.45) is 0 Å². The van der Waals surface area contributed by atoms with Gasteiger partial charge in [-0.05, 0) is 66.4 Å². The van der Waals surface area contributed by atoms with Crippen LogP contribution in [0, 0.1) is 0 Å². The van der Waals surface area contributed by atoms with Crippen LogP contribution in [0.5, 0.6) is 5.75 Å². The highest BCUT2D eigenvalue weighted by atomic mass is 32.2. The Balaban J connectivity index is 1.71. The molecule has 0 radical (unpaired) electrons. The molecule has 1 heterocycles. The minimum atomic E-state index is -3.83. The molecule has 9 heteroatoms. The summed E-state index contributed by atoms with van der Waals surface area (Å²) in [6.45, 7) is 4.22. The Morgan fingerprint density at radius 3 is 2.38 bits per heavy atom. The number of urea groups is 1. The molecule has 3 rings (SSSR count). The maximum Gasteiger partial charge on any atom is 0.319 e. The van der Waals surface area contributed by atoms with E-state index in [1.165, 1.54) is 12.1 Å². The molecular formula is C25H30N4O4S. The number of methoxy groups -OCH3 is 1. The van der Waals surface area contributed by atoms with Crippen molar-refractivity contribution in [1.82, 2.24) is 15.0 Å². The summed E-state index contributed by atoms with van der Waals surface area (Å²) in [7, 11) is -2.25. The van der Waals surface area contributed by atoms with Gasteiger partial charge in [-0.2, -0.15) is 0 Å².